The molecule has 1 aliphatic rings. The van der Waals surface area contributed by atoms with Gasteiger partial charge >= 0.3 is 0 Å². The van der Waals surface area contributed by atoms with Crippen LogP contribution in [0.1, 0.15) is 34.7 Å². The Morgan fingerprint density at radius 2 is 2.17 bits per heavy atom. The summed E-state index contributed by atoms with van der Waals surface area (Å²) in [5, 5.41) is 3.37. The van der Waals surface area contributed by atoms with Crippen molar-refractivity contribution in [1.82, 2.24) is 5.32 Å². The Balaban J connectivity index is 2.44. The summed E-state index contributed by atoms with van der Waals surface area (Å²) < 4.78 is 10.8. The third-order valence-electron chi connectivity index (χ3n) is 3.40. The van der Waals surface area contributed by atoms with E-state index < -0.39 is 0 Å². The zero-order valence-electron chi connectivity index (χ0n) is 10.9. The van der Waals surface area contributed by atoms with E-state index in [0.717, 1.165) is 43.5 Å². The number of hydrogen-bond acceptors (Lipinski definition) is 4. The Hall–Kier alpha value is -1.55. The Morgan fingerprint density at radius 3 is 2.72 bits per heavy atom. The lowest BCUT2D eigenvalue weighted by Gasteiger charge is -2.25. The second-order valence-corrected chi connectivity index (χ2v) is 4.51. The van der Waals surface area contributed by atoms with Crippen LogP contribution in [0.15, 0.2) is 12.1 Å². The van der Waals surface area contributed by atoms with E-state index in [4.69, 9.17) is 9.47 Å². The zero-order valence-corrected chi connectivity index (χ0v) is 10.9. The van der Waals surface area contributed by atoms with Crippen molar-refractivity contribution in [3.05, 3.63) is 23.3 Å². The van der Waals surface area contributed by atoms with E-state index in [0.29, 0.717) is 17.2 Å². The van der Waals surface area contributed by atoms with Gasteiger partial charge in [0.1, 0.15) is 6.29 Å². The van der Waals surface area contributed by atoms with E-state index >= 15 is 0 Å². The minimum atomic E-state index is 0.377. The third-order valence-corrected chi connectivity index (χ3v) is 3.40. The summed E-state index contributed by atoms with van der Waals surface area (Å²) in [6, 6.07) is 3.62. The van der Waals surface area contributed by atoms with Gasteiger partial charge < -0.3 is 14.8 Å². The Kier molecular flexibility index (Phi) is 4.20. The van der Waals surface area contributed by atoms with Crippen molar-refractivity contribution >= 4 is 6.29 Å². The van der Waals surface area contributed by atoms with Gasteiger partial charge in [-0.05, 0) is 31.5 Å². The molecule has 98 valence electrons. The molecule has 0 spiro atoms. The van der Waals surface area contributed by atoms with Gasteiger partial charge in [0.25, 0.3) is 0 Å². The summed E-state index contributed by atoms with van der Waals surface area (Å²) in [5.41, 5.74) is 1.69. The number of hydrogen-bond donors (Lipinski definition) is 1. The molecule has 1 N–H and O–H groups in total. The molecule has 1 fully saturated rings. The quantitative estimate of drug-likeness (QED) is 0.829. The smallest absolute Gasteiger partial charge is 0.164 e. The molecule has 1 unspecified atom stereocenters. The lowest BCUT2D eigenvalue weighted by atomic mass is 9.89. The van der Waals surface area contributed by atoms with Crippen molar-refractivity contribution in [2.45, 2.75) is 18.8 Å². The molecular formula is C14H19NO3. The predicted molar refractivity (Wildman–Crippen MR) is 69.8 cm³/mol. The van der Waals surface area contributed by atoms with Crippen molar-refractivity contribution in [1.29, 1.82) is 0 Å². The first-order valence-corrected chi connectivity index (χ1v) is 6.22. The molecule has 1 aromatic carbocycles. The molecule has 4 heteroatoms. The van der Waals surface area contributed by atoms with Crippen molar-refractivity contribution < 1.29 is 14.3 Å². The molecule has 0 saturated carbocycles. The average Bonchev–Trinajstić information content (AvgIpc) is 2.46. The molecule has 0 aromatic heterocycles. The number of benzene rings is 1. The predicted octanol–water partition coefficient (Wildman–Crippen LogP) is 1.98. The first-order chi connectivity index (χ1) is 8.80. The van der Waals surface area contributed by atoms with Gasteiger partial charge in [-0.1, -0.05) is 0 Å². The van der Waals surface area contributed by atoms with Gasteiger partial charge in [-0.25, -0.2) is 0 Å². The summed E-state index contributed by atoms with van der Waals surface area (Å²) in [6.45, 7) is 1.98. The second kappa shape index (κ2) is 5.87. The van der Waals surface area contributed by atoms with E-state index in [1.54, 1.807) is 20.3 Å². The van der Waals surface area contributed by atoms with Crippen molar-refractivity contribution in [2.75, 3.05) is 27.3 Å². The molecule has 1 heterocycles. The van der Waals surface area contributed by atoms with Crippen LogP contribution in [0.5, 0.6) is 11.5 Å². The minimum Gasteiger partial charge on any atom is -0.493 e. The SMILES string of the molecule is COc1cc(C=O)cc(C2CCCNC2)c1OC. The van der Waals surface area contributed by atoms with Crippen LogP contribution in [-0.4, -0.2) is 33.6 Å². The van der Waals surface area contributed by atoms with Gasteiger partial charge in [-0.15, -0.1) is 0 Å². The van der Waals surface area contributed by atoms with Crippen LogP contribution < -0.4 is 14.8 Å². The number of methoxy groups -OCH3 is 2. The standard InChI is InChI=1S/C14H19NO3/c1-17-13-7-10(9-16)6-12(14(13)18-2)11-4-3-5-15-8-11/h6-7,9,11,15H,3-5,8H2,1-2H3. The molecule has 0 aliphatic carbocycles. The number of piperidine rings is 1. The number of carbonyl (C=O) groups is 1. The molecule has 1 aromatic rings. The van der Waals surface area contributed by atoms with Gasteiger partial charge in [0, 0.05) is 23.6 Å². The first-order valence-electron chi connectivity index (χ1n) is 6.22. The fourth-order valence-corrected chi connectivity index (χ4v) is 2.50. The molecule has 0 radical (unpaired) electrons. The highest BCUT2D eigenvalue weighted by Crippen LogP contribution is 2.38. The molecular weight excluding hydrogens is 230 g/mol. The zero-order chi connectivity index (χ0) is 13.0. The van der Waals surface area contributed by atoms with E-state index in [1.807, 2.05) is 6.07 Å². The Bertz CT molecular complexity index is 425. The highest BCUT2D eigenvalue weighted by Gasteiger charge is 2.22. The van der Waals surface area contributed by atoms with Crippen LogP contribution in [0.3, 0.4) is 0 Å². The van der Waals surface area contributed by atoms with E-state index in [2.05, 4.69) is 5.32 Å². The van der Waals surface area contributed by atoms with Crippen LogP contribution in [0, 0.1) is 0 Å². The van der Waals surface area contributed by atoms with Crippen LogP contribution in [0.4, 0.5) is 0 Å². The molecule has 0 bridgehead atoms. The van der Waals surface area contributed by atoms with E-state index in [-0.39, 0.29) is 0 Å². The molecule has 0 amide bonds. The molecule has 2 rings (SSSR count). The van der Waals surface area contributed by atoms with Gasteiger partial charge in [0.15, 0.2) is 11.5 Å². The summed E-state index contributed by atoms with van der Waals surface area (Å²) in [7, 11) is 3.23. The maximum Gasteiger partial charge on any atom is 0.164 e. The Morgan fingerprint density at radius 1 is 1.33 bits per heavy atom. The number of nitrogens with one attached hydrogen (secondary N) is 1. The third kappa shape index (κ3) is 2.48. The van der Waals surface area contributed by atoms with Crippen LogP contribution >= 0.6 is 0 Å². The summed E-state index contributed by atoms with van der Waals surface area (Å²) >= 11 is 0. The fraction of sp³-hybridized carbons (Fsp3) is 0.500. The molecule has 1 aliphatic heterocycles. The van der Waals surface area contributed by atoms with Crippen LogP contribution in [0.2, 0.25) is 0 Å². The number of rotatable bonds is 4. The average molecular weight is 249 g/mol. The van der Waals surface area contributed by atoms with Crippen molar-refractivity contribution in [2.24, 2.45) is 0 Å². The summed E-state index contributed by atoms with van der Waals surface area (Å²) in [4.78, 5) is 11.0. The van der Waals surface area contributed by atoms with Gasteiger partial charge in [-0.2, -0.15) is 0 Å². The van der Waals surface area contributed by atoms with E-state index in [1.165, 1.54) is 0 Å². The minimum absolute atomic E-state index is 0.377. The normalized spacial score (nSPS) is 19.3. The van der Waals surface area contributed by atoms with Crippen LogP contribution in [0.25, 0.3) is 0 Å². The fourth-order valence-electron chi connectivity index (χ4n) is 2.50. The molecule has 1 saturated heterocycles. The Labute approximate surface area is 107 Å². The van der Waals surface area contributed by atoms with E-state index in [9.17, 15) is 4.79 Å². The molecule has 1 atom stereocenters. The number of aldehydes is 1. The largest absolute Gasteiger partial charge is 0.493 e. The van der Waals surface area contributed by atoms with Gasteiger partial charge in [-0.3, -0.25) is 4.79 Å². The topological polar surface area (TPSA) is 47.6 Å². The lowest BCUT2D eigenvalue weighted by Crippen LogP contribution is -2.28. The lowest BCUT2D eigenvalue weighted by molar-refractivity contribution is 0.112. The number of carbonyl (C=O) groups excluding carboxylic acids is 1. The summed E-state index contributed by atoms with van der Waals surface area (Å²) in [6.07, 6.45) is 3.10. The molecule has 4 nitrogen and oxygen atoms in total. The second-order valence-electron chi connectivity index (χ2n) is 4.51. The van der Waals surface area contributed by atoms with Crippen LogP contribution in [-0.2, 0) is 0 Å². The first kappa shape index (κ1) is 12.9. The highest BCUT2D eigenvalue weighted by molar-refractivity contribution is 5.77. The summed E-state index contributed by atoms with van der Waals surface area (Å²) in [5.74, 6) is 1.75. The maximum absolute atomic E-state index is 11.0. The van der Waals surface area contributed by atoms with Gasteiger partial charge in [0.05, 0.1) is 14.2 Å². The maximum atomic E-state index is 11.0. The van der Waals surface area contributed by atoms with Crippen molar-refractivity contribution in [3.8, 4) is 11.5 Å². The molecule has 18 heavy (non-hydrogen) atoms. The highest BCUT2D eigenvalue weighted by atomic mass is 16.5. The number of ether oxygens (including phenoxy) is 2. The monoisotopic (exact) mass is 249 g/mol. The van der Waals surface area contributed by atoms with Gasteiger partial charge in [0.2, 0.25) is 0 Å². The van der Waals surface area contributed by atoms with Crippen molar-refractivity contribution in [3.63, 3.8) is 0 Å².